The van der Waals surface area contributed by atoms with Gasteiger partial charge in [-0.1, -0.05) is 42.8 Å². The molecule has 2 aliphatic heterocycles. The SMILES string of the molecule is CCCN1c2cc(Cl)c(/C=C3/SC(=O)N(CC(=O)Nc4ccccc4C)C3=O)cc2C(C)=CC1(C)C. The molecule has 4 rings (SSSR count). The van der Waals surface area contributed by atoms with E-state index < -0.39 is 17.1 Å². The zero-order valence-corrected chi connectivity index (χ0v) is 22.7. The number of nitrogens with one attached hydrogen (secondary N) is 1. The lowest BCUT2D eigenvalue weighted by atomic mass is 9.87. The predicted molar refractivity (Wildman–Crippen MR) is 149 cm³/mol. The van der Waals surface area contributed by atoms with Crippen molar-refractivity contribution < 1.29 is 14.4 Å². The first-order chi connectivity index (χ1) is 17.0. The van der Waals surface area contributed by atoms with E-state index in [2.05, 4.69) is 44.0 Å². The van der Waals surface area contributed by atoms with E-state index >= 15 is 0 Å². The maximum absolute atomic E-state index is 13.0. The van der Waals surface area contributed by atoms with Crippen molar-refractivity contribution in [2.24, 2.45) is 0 Å². The fourth-order valence-electron chi connectivity index (χ4n) is 4.68. The van der Waals surface area contributed by atoms with Gasteiger partial charge in [-0.25, -0.2) is 0 Å². The van der Waals surface area contributed by atoms with Crippen LogP contribution in [0.4, 0.5) is 16.2 Å². The number of imide groups is 1. The quantitative estimate of drug-likeness (QED) is 0.425. The summed E-state index contributed by atoms with van der Waals surface area (Å²) in [5.41, 5.74) is 5.31. The predicted octanol–water partition coefficient (Wildman–Crippen LogP) is 6.74. The van der Waals surface area contributed by atoms with E-state index in [0.717, 1.165) is 52.0 Å². The van der Waals surface area contributed by atoms with E-state index in [1.54, 1.807) is 12.1 Å². The molecule has 8 heteroatoms. The lowest BCUT2D eigenvalue weighted by Gasteiger charge is -2.43. The maximum Gasteiger partial charge on any atom is 0.294 e. The van der Waals surface area contributed by atoms with Crippen LogP contribution in [0.5, 0.6) is 0 Å². The number of carbonyl (C=O) groups is 3. The Bertz CT molecular complexity index is 1320. The van der Waals surface area contributed by atoms with E-state index in [1.807, 2.05) is 37.3 Å². The highest BCUT2D eigenvalue weighted by molar-refractivity contribution is 8.18. The number of carbonyl (C=O) groups excluding carboxylic acids is 3. The van der Waals surface area contributed by atoms with Gasteiger partial charge in [0.2, 0.25) is 5.91 Å². The number of nitrogens with zero attached hydrogens (tertiary/aromatic N) is 2. The fraction of sp³-hybridized carbons (Fsp3) is 0.321. The Labute approximate surface area is 221 Å². The van der Waals surface area contributed by atoms with Crippen LogP contribution in [0.1, 0.15) is 50.8 Å². The number of amides is 3. The molecule has 6 nitrogen and oxygen atoms in total. The number of hydrogen-bond acceptors (Lipinski definition) is 5. The molecule has 1 saturated heterocycles. The van der Waals surface area contributed by atoms with Gasteiger partial charge in [-0.15, -0.1) is 0 Å². The van der Waals surface area contributed by atoms with Gasteiger partial charge in [0.25, 0.3) is 11.1 Å². The monoisotopic (exact) mass is 523 g/mol. The number of benzene rings is 2. The molecule has 1 N–H and O–H groups in total. The lowest BCUT2D eigenvalue weighted by molar-refractivity contribution is -0.127. The molecular weight excluding hydrogens is 494 g/mol. The average Bonchev–Trinajstić information content (AvgIpc) is 3.06. The molecule has 0 unspecified atom stereocenters. The van der Waals surface area contributed by atoms with Gasteiger partial charge in [0.1, 0.15) is 6.54 Å². The van der Waals surface area contributed by atoms with Gasteiger partial charge in [0, 0.05) is 28.5 Å². The second kappa shape index (κ2) is 10.1. The summed E-state index contributed by atoms with van der Waals surface area (Å²) in [5.74, 6) is -0.932. The summed E-state index contributed by atoms with van der Waals surface area (Å²) in [4.78, 5) is 41.7. The Morgan fingerprint density at radius 3 is 2.58 bits per heavy atom. The van der Waals surface area contributed by atoms with E-state index in [9.17, 15) is 14.4 Å². The van der Waals surface area contributed by atoms with Crippen LogP contribution in [0.2, 0.25) is 5.02 Å². The summed E-state index contributed by atoms with van der Waals surface area (Å²) >= 11 is 7.50. The van der Waals surface area contributed by atoms with E-state index in [-0.39, 0.29) is 17.0 Å². The fourth-order valence-corrected chi connectivity index (χ4v) is 5.72. The third-order valence-electron chi connectivity index (χ3n) is 6.42. The Hall–Kier alpha value is -3.03. The van der Waals surface area contributed by atoms with Gasteiger partial charge in [-0.05, 0) is 86.9 Å². The van der Waals surface area contributed by atoms with E-state index in [1.165, 1.54) is 0 Å². The summed E-state index contributed by atoms with van der Waals surface area (Å²) in [5, 5.41) is 2.79. The summed E-state index contributed by atoms with van der Waals surface area (Å²) in [6, 6.07) is 11.2. The first kappa shape index (κ1) is 26.0. The third kappa shape index (κ3) is 5.08. The standard InChI is InChI=1S/C28H30ClN3O3S/c1-6-11-32-23-14-21(29)19(12-20(23)18(3)15-28(32,4)5)13-24-26(34)31(27(35)36-24)16-25(33)30-22-10-8-7-9-17(22)2/h7-10,12-15H,6,11,16H2,1-5H3,(H,30,33)/b24-13+. The van der Waals surface area contributed by atoms with Crippen LogP contribution in [-0.2, 0) is 9.59 Å². The number of halogens is 1. The molecular formula is C28H30ClN3O3S. The van der Waals surface area contributed by atoms with Gasteiger partial charge >= 0.3 is 0 Å². The first-order valence-corrected chi connectivity index (χ1v) is 13.1. The molecule has 188 valence electrons. The Kier molecular flexibility index (Phi) is 7.34. The van der Waals surface area contributed by atoms with Crippen molar-refractivity contribution in [2.45, 2.75) is 46.6 Å². The average molecular weight is 524 g/mol. The number of aryl methyl sites for hydroxylation is 1. The number of fused-ring (bicyclic) bond motifs is 1. The van der Waals surface area contributed by atoms with Crippen LogP contribution in [-0.4, -0.2) is 40.6 Å². The van der Waals surface area contributed by atoms with Crippen molar-refractivity contribution in [1.29, 1.82) is 0 Å². The zero-order chi connectivity index (χ0) is 26.2. The molecule has 1 fully saturated rings. The second-order valence-electron chi connectivity index (χ2n) is 9.65. The van der Waals surface area contributed by atoms with Crippen molar-refractivity contribution in [3.05, 3.63) is 69.1 Å². The molecule has 0 atom stereocenters. The number of rotatable bonds is 6. The molecule has 2 aliphatic rings. The third-order valence-corrected chi connectivity index (χ3v) is 7.66. The Morgan fingerprint density at radius 2 is 1.89 bits per heavy atom. The molecule has 2 aromatic carbocycles. The summed E-state index contributed by atoms with van der Waals surface area (Å²) in [6.07, 6.45) is 4.88. The highest BCUT2D eigenvalue weighted by atomic mass is 35.5. The highest BCUT2D eigenvalue weighted by Gasteiger charge is 2.37. The van der Waals surface area contributed by atoms with E-state index in [4.69, 9.17) is 11.6 Å². The molecule has 0 bridgehead atoms. The Balaban J connectivity index is 1.58. The molecule has 0 radical (unpaired) electrons. The lowest BCUT2D eigenvalue weighted by Crippen LogP contribution is -2.45. The topological polar surface area (TPSA) is 69.7 Å². The van der Waals surface area contributed by atoms with Crippen LogP contribution < -0.4 is 10.2 Å². The smallest absolute Gasteiger partial charge is 0.294 e. The molecule has 2 heterocycles. The van der Waals surface area contributed by atoms with Gasteiger partial charge in [-0.2, -0.15) is 0 Å². The van der Waals surface area contributed by atoms with E-state index in [0.29, 0.717) is 16.3 Å². The Morgan fingerprint density at radius 1 is 1.17 bits per heavy atom. The molecule has 0 aliphatic carbocycles. The van der Waals surface area contributed by atoms with Crippen molar-refractivity contribution in [2.75, 3.05) is 23.3 Å². The van der Waals surface area contributed by atoms with Crippen LogP contribution in [0, 0.1) is 6.92 Å². The van der Waals surface area contributed by atoms with Gasteiger partial charge < -0.3 is 10.2 Å². The van der Waals surface area contributed by atoms with Gasteiger partial charge in [0.15, 0.2) is 0 Å². The zero-order valence-electron chi connectivity index (χ0n) is 21.1. The molecule has 2 aromatic rings. The number of hydrogen-bond donors (Lipinski definition) is 1. The molecule has 0 saturated carbocycles. The second-order valence-corrected chi connectivity index (χ2v) is 11.1. The molecule has 0 aromatic heterocycles. The summed E-state index contributed by atoms with van der Waals surface area (Å²) < 4.78 is 0. The highest BCUT2D eigenvalue weighted by Crippen LogP contribution is 2.42. The number of para-hydroxylation sites is 1. The minimum Gasteiger partial charge on any atom is -0.362 e. The van der Waals surface area contributed by atoms with Crippen molar-refractivity contribution in [3.8, 4) is 0 Å². The molecule has 36 heavy (non-hydrogen) atoms. The normalized spacial score (nSPS) is 17.9. The van der Waals surface area contributed by atoms with Crippen LogP contribution in [0.3, 0.4) is 0 Å². The van der Waals surface area contributed by atoms with Crippen LogP contribution in [0.25, 0.3) is 11.6 Å². The largest absolute Gasteiger partial charge is 0.362 e. The van der Waals surface area contributed by atoms with Gasteiger partial charge in [0.05, 0.1) is 10.4 Å². The van der Waals surface area contributed by atoms with Crippen molar-refractivity contribution in [1.82, 2.24) is 4.90 Å². The number of allylic oxidation sites excluding steroid dienone is 1. The van der Waals surface area contributed by atoms with Crippen LogP contribution >= 0.6 is 23.4 Å². The maximum atomic E-state index is 13.0. The number of anilines is 2. The van der Waals surface area contributed by atoms with Crippen molar-refractivity contribution >= 4 is 63.4 Å². The molecule has 3 amide bonds. The van der Waals surface area contributed by atoms with Gasteiger partial charge in [-0.3, -0.25) is 19.3 Å². The summed E-state index contributed by atoms with van der Waals surface area (Å²) in [7, 11) is 0. The minimum absolute atomic E-state index is 0.139. The number of thioether (sulfide) groups is 1. The minimum atomic E-state index is -0.500. The summed E-state index contributed by atoms with van der Waals surface area (Å²) in [6.45, 7) is 11.0. The van der Waals surface area contributed by atoms with Crippen LogP contribution in [0.15, 0.2) is 47.4 Å². The first-order valence-electron chi connectivity index (χ1n) is 11.9. The molecule has 0 spiro atoms. The van der Waals surface area contributed by atoms with Crippen molar-refractivity contribution in [3.63, 3.8) is 0 Å².